The third-order valence-electron chi connectivity index (χ3n) is 3.29. The Morgan fingerprint density at radius 3 is 2.76 bits per heavy atom. The monoisotopic (exact) mass is 273 g/mol. The van der Waals surface area contributed by atoms with Gasteiger partial charge in [0.1, 0.15) is 0 Å². The lowest BCUT2D eigenvalue weighted by atomic mass is 10.0. The molecule has 1 aliphatic rings. The highest BCUT2D eigenvalue weighted by molar-refractivity contribution is 6.34. The second-order valence-corrected chi connectivity index (χ2v) is 5.15. The van der Waals surface area contributed by atoms with Crippen molar-refractivity contribution in [3.63, 3.8) is 0 Å². The second-order valence-electron chi connectivity index (χ2n) is 4.41. The molecule has 1 aliphatic carbocycles. The first-order valence-corrected chi connectivity index (χ1v) is 6.29. The second kappa shape index (κ2) is 4.78. The summed E-state index contributed by atoms with van der Waals surface area (Å²) in [5.41, 5.74) is 0.574. The van der Waals surface area contributed by atoms with Crippen LogP contribution in [0.2, 0.25) is 10.3 Å². The summed E-state index contributed by atoms with van der Waals surface area (Å²) in [7, 11) is 0. The van der Waals surface area contributed by atoms with E-state index in [2.05, 4.69) is 22.4 Å². The number of amides is 1. The lowest BCUT2D eigenvalue weighted by Gasteiger charge is -2.13. The van der Waals surface area contributed by atoms with Gasteiger partial charge in [0.05, 0.1) is 5.56 Å². The lowest BCUT2D eigenvalue weighted by Crippen LogP contribution is -2.30. The van der Waals surface area contributed by atoms with E-state index in [9.17, 15) is 4.79 Å². The number of nitrogens with zero attached hydrogens (tertiary/aromatic N) is 2. The van der Waals surface area contributed by atoms with Crippen LogP contribution in [0.25, 0.3) is 0 Å². The minimum Gasteiger partial charge on any atom is -0.351 e. The molecule has 6 heteroatoms. The van der Waals surface area contributed by atoms with Crippen molar-refractivity contribution < 1.29 is 4.79 Å². The molecule has 0 radical (unpaired) electrons. The molecule has 92 valence electrons. The number of hydrogen-bond donors (Lipinski definition) is 1. The first-order chi connectivity index (χ1) is 8.06. The van der Waals surface area contributed by atoms with Gasteiger partial charge in [-0.05, 0) is 30.7 Å². The number of hydrogen-bond acceptors (Lipinski definition) is 3. The first-order valence-electron chi connectivity index (χ1n) is 5.53. The van der Waals surface area contributed by atoms with Crippen LogP contribution in [0.1, 0.15) is 36.5 Å². The zero-order chi connectivity index (χ0) is 12.5. The average molecular weight is 274 g/mol. The van der Waals surface area contributed by atoms with Crippen LogP contribution in [-0.4, -0.2) is 22.6 Å². The van der Waals surface area contributed by atoms with Gasteiger partial charge in [0, 0.05) is 6.54 Å². The van der Waals surface area contributed by atoms with Crippen molar-refractivity contribution in [2.45, 2.75) is 26.2 Å². The largest absolute Gasteiger partial charge is 0.351 e. The Balaban J connectivity index is 2.02. The molecule has 1 heterocycles. The van der Waals surface area contributed by atoms with Crippen LogP contribution in [0.15, 0.2) is 6.07 Å². The summed E-state index contributed by atoms with van der Waals surface area (Å²) in [6.45, 7) is 2.82. The standard InChI is InChI=1S/C11H13Cl2N3O/c1-2-11(3-4-11)6-14-10(17)7-5-8(12)15-16-9(7)13/h5H,2-4,6H2,1H3,(H,14,17). The maximum Gasteiger partial charge on any atom is 0.254 e. The van der Waals surface area contributed by atoms with Crippen LogP contribution < -0.4 is 5.32 Å². The Hall–Kier alpha value is -0.870. The molecule has 0 aliphatic heterocycles. The number of aromatic nitrogens is 2. The third kappa shape index (κ3) is 2.87. The van der Waals surface area contributed by atoms with Gasteiger partial charge >= 0.3 is 0 Å². The van der Waals surface area contributed by atoms with Gasteiger partial charge in [0.25, 0.3) is 5.91 Å². The van der Waals surface area contributed by atoms with Crippen LogP contribution in [0, 0.1) is 5.41 Å². The topological polar surface area (TPSA) is 54.9 Å². The molecular weight excluding hydrogens is 261 g/mol. The van der Waals surface area contributed by atoms with Gasteiger partial charge in [-0.15, -0.1) is 10.2 Å². The molecule has 1 aromatic rings. The summed E-state index contributed by atoms with van der Waals surface area (Å²) < 4.78 is 0. The van der Waals surface area contributed by atoms with Crippen LogP contribution in [0.3, 0.4) is 0 Å². The summed E-state index contributed by atoms with van der Waals surface area (Å²) in [6.07, 6.45) is 3.43. The third-order valence-corrected chi connectivity index (χ3v) is 3.76. The van der Waals surface area contributed by atoms with Crippen molar-refractivity contribution >= 4 is 29.1 Å². The normalized spacial score (nSPS) is 16.6. The number of halogens is 2. The molecule has 0 saturated heterocycles. The van der Waals surface area contributed by atoms with E-state index in [0.29, 0.717) is 12.0 Å². The average Bonchev–Trinajstić information content (AvgIpc) is 3.10. The molecule has 17 heavy (non-hydrogen) atoms. The molecule has 0 atom stereocenters. The first kappa shape index (κ1) is 12.6. The zero-order valence-corrected chi connectivity index (χ0v) is 11.0. The highest BCUT2D eigenvalue weighted by Crippen LogP contribution is 2.47. The Morgan fingerprint density at radius 1 is 1.47 bits per heavy atom. The molecule has 1 N–H and O–H groups in total. The fourth-order valence-corrected chi connectivity index (χ4v) is 2.03. The predicted octanol–water partition coefficient (Wildman–Crippen LogP) is 2.70. The fourth-order valence-electron chi connectivity index (χ4n) is 1.71. The Kier molecular flexibility index (Phi) is 3.54. The maximum absolute atomic E-state index is 11.9. The van der Waals surface area contributed by atoms with Crippen molar-refractivity contribution in [1.29, 1.82) is 0 Å². The SMILES string of the molecule is CCC1(CNC(=O)c2cc(Cl)nnc2Cl)CC1. The minimum absolute atomic E-state index is 0.0771. The Labute approximate surface area is 110 Å². The molecule has 4 nitrogen and oxygen atoms in total. The van der Waals surface area contributed by atoms with Gasteiger partial charge in [-0.2, -0.15) is 0 Å². The van der Waals surface area contributed by atoms with E-state index in [1.54, 1.807) is 0 Å². The molecule has 1 aromatic heterocycles. The number of carbonyl (C=O) groups is 1. The number of nitrogens with one attached hydrogen (secondary N) is 1. The fraction of sp³-hybridized carbons (Fsp3) is 0.545. The quantitative estimate of drug-likeness (QED) is 0.918. The highest BCUT2D eigenvalue weighted by Gasteiger charge is 2.40. The smallest absolute Gasteiger partial charge is 0.254 e. The Bertz CT molecular complexity index is 446. The van der Waals surface area contributed by atoms with E-state index in [0.717, 1.165) is 6.42 Å². The summed E-state index contributed by atoms with van der Waals surface area (Å²) in [6, 6.07) is 1.43. The molecule has 0 aromatic carbocycles. The van der Waals surface area contributed by atoms with Crippen molar-refractivity contribution in [2.75, 3.05) is 6.54 Å². The molecule has 0 bridgehead atoms. The van der Waals surface area contributed by atoms with E-state index in [4.69, 9.17) is 23.2 Å². The molecule has 1 amide bonds. The summed E-state index contributed by atoms with van der Waals surface area (Å²) >= 11 is 11.5. The van der Waals surface area contributed by atoms with Gasteiger partial charge in [0.2, 0.25) is 0 Å². The lowest BCUT2D eigenvalue weighted by molar-refractivity contribution is 0.0944. The molecule has 1 saturated carbocycles. The van der Waals surface area contributed by atoms with Crippen LogP contribution >= 0.6 is 23.2 Å². The van der Waals surface area contributed by atoms with Crippen LogP contribution in [-0.2, 0) is 0 Å². The van der Waals surface area contributed by atoms with Crippen molar-refractivity contribution in [3.05, 3.63) is 21.9 Å². The Morgan fingerprint density at radius 2 is 2.18 bits per heavy atom. The van der Waals surface area contributed by atoms with E-state index in [1.807, 2.05) is 0 Å². The van der Waals surface area contributed by atoms with Crippen molar-refractivity contribution in [1.82, 2.24) is 15.5 Å². The number of rotatable bonds is 4. The van der Waals surface area contributed by atoms with E-state index in [-0.39, 0.29) is 21.8 Å². The summed E-state index contributed by atoms with van der Waals surface area (Å²) in [4.78, 5) is 11.9. The van der Waals surface area contributed by atoms with E-state index < -0.39 is 0 Å². The highest BCUT2D eigenvalue weighted by atomic mass is 35.5. The molecule has 0 spiro atoms. The van der Waals surface area contributed by atoms with Gasteiger partial charge in [-0.3, -0.25) is 4.79 Å². The predicted molar refractivity (Wildman–Crippen MR) is 66.3 cm³/mol. The summed E-state index contributed by atoms with van der Waals surface area (Å²) in [5.74, 6) is -0.244. The van der Waals surface area contributed by atoms with Crippen molar-refractivity contribution in [3.8, 4) is 0 Å². The van der Waals surface area contributed by atoms with E-state index >= 15 is 0 Å². The summed E-state index contributed by atoms with van der Waals surface area (Å²) in [5, 5.41) is 10.3. The zero-order valence-electron chi connectivity index (χ0n) is 9.46. The van der Waals surface area contributed by atoms with Gasteiger partial charge in [-0.1, -0.05) is 30.1 Å². The molecule has 2 rings (SSSR count). The maximum atomic E-state index is 11.9. The molecular formula is C11H13Cl2N3O. The number of carbonyl (C=O) groups excluding carboxylic acids is 1. The molecule has 1 fully saturated rings. The minimum atomic E-state index is -0.244. The van der Waals surface area contributed by atoms with E-state index in [1.165, 1.54) is 18.9 Å². The van der Waals surface area contributed by atoms with Gasteiger partial charge in [-0.25, -0.2) is 0 Å². The van der Waals surface area contributed by atoms with Gasteiger partial charge < -0.3 is 5.32 Å². The van der Waals surface area contributed by atoms with Crippen LogP contribution in [0.5, 0.6) is 0 Å². The van der Waals surface area contributed by atoms with Crippen LogP contribution in [0.4, 0.5) is 0 Å². The van der Waals surface area contributed by atoms with Crippen molar-refractivity contribution in [2.24, 2.45) is 5.41 Å². The molecule has 0 unspecified atom stereocenters. The van der Waals surface area contributed by atoms with Gasteiger partial charge in [0.15, 0.2) is 10.3 Å².